The lowest BCUT2D eigenvalue weighted by atomic mass is 10.2. The van der Waals surface area contributed by atoms with E-state index in [2.05, 4.69) is 20.5 Å². The summed E-state index contributed by atoms with van der Waals surface area (Å²) in [5.41, 5.74) is 0. The maximum Gasteiger partial charge on any atom is 0.252 e. The average Bonchev–Trinajstić information content (AvgIpc) is 2.74. The number of carbonyl (C=O) groups is 1. The number of nitrogens with one attached hydrogen (secondary N) is 1. The second-order valence-corrected chi connectivity index (χ2v) is 3.14. The zero-order valence-electron chi connectivity index (χ0n) is 7.85. The lowest BCUT2D eigenvalue weighted by molar-refractivity contribution is -0.117. The van der Waals surface area contributed by atoms with E-state index in [1.807, 2.05) is 0 Å². The Morgan fingerprint density at radius 3 is 3.00 bits per heavy atom. The highest BCUT2D eigenvalue weighted by Gasteiger charge is 2.21. The van der Waals surface area contributed by atoms with Gasteiger partial charge in [0, 0.05) is 6.42 Å². The number of halogens is 1. The molecule has 0 saturated carbocycles. The molecule has 0 bridgehead atoms. The molecule has 0 spiro atoms. The number of hydrogen-bond acceptors (Lipinski definition) is 4. The van der Waals surface area contributed by atoms with Gasteiger partial charge >= 0.3 is 0 Å². The van der Waals surface area contributed by atoms with Crippen LogP contribution in [-0.2, 0) is 4.79 Å². The van der Waals surface area contributed by atoms with Crippen molar-refractivity contribution in [2.75, 3.05) is 11.9 Å². The first-order valence-corrected chi connectivity index (χ1v) is 4.55. The van der Waals surface area contributed by atoms with Gasteiger partial charge in [-0.1, -0.05) is 0 Å². The molecule has 5 nitrogen and oxygen atoms in total. The summed E-state index contributed by atoms with van der Waals surface area (Å²) in [4.78, 5) is 15.2. The molecule has 0 radical (unpaired) electrons. The highest BCUT2D eigenvalue weighted by Crippen LogP contribution is 2.11. The predicted molar refractivity (Wildman–Crippen MR) is 51.0 cm³/mol. The summed E-state index contributed by atoms with van der Waals surface area (Å²) in [5.74, 6) is -0.368. The number of anilines is 1. The zero-order chi connectivity index (χ0) is 10.7. The second kappa shape index (κ2) is 4.12. The molecule has 0 saturated heterocycles. The first-order chi connectivity index (χ1) is 7.25. The summed E-state index contributed by atoms with van der Waals surface area (Å²) in [7, 11) is 0. The van der Waals surface area contributed by atoms with E-state index in [1.54, 1.807) is 0 Å². The van der Waals surface area contributed by atoms with Crippen molar-refractivity contribution in [1.29, 1.82) is 0 Å². The van der Waals surface area contributed by atoms with Crippen molar-refractivity contribution in [2.45, 2.75) is 12.5 Å². The summed E-state index contributed by atoms with van der Waals surface area (Å²) >= 11 is 0. The van der Waals surface area contributed by atoms with Gasteiger partial charge in [-0.05, 0) is 12.1 Å². The van der Waals surface area contributed by atoms with Crippen LogP contribution in [-0.4, -0.2) is 23.5 Å². The minimum Gasteiger partial charge on any atom is -0.309 e. The molecule has 1 aromatic heterocycles. The number of azo groups is 1. The number of carbonyl (C=O) groups excluding carboxylic acids is 1. The van der Waals surface area contributed by atoms with Gasteiger partial charge in [-0.15, -0.1) is 0 Å². The van der Waals surface area contributed by atoms with E-state index in [4.69, 9.17) is 0 Å². The Kier molecular flexibility index (Phi) is 2.66. The summed E-state index contributed by atoms with van der Waals surface area (Å²) < 4.78 is 12.5. The zero-order valence-corrected chi connectivity index (χ0v) is 7.85. The predicted octanol–water partition coefficient (Wildman–Crippen LogP) is 1.38. The molecule has 1 aliphatic rings. The van der Waals surface area contributed by atoms with Crippen LogP contribution < -0.4 is 5.32 Å². The highest BCUT2D eigenvalue weighted by atomic mass is 19.1. The van der Waals surface area contributed by atoms with Gasteiger partial charge in [0.25, 0.3) is 5.91 Å². The topological polar surface area (TPSA) is 66.7 Å². The number of rotatable bonds is 2. The maximum atomic E-state index is 12.5. The number of aromatic nitrogens is 1. The average molecular weight is 208 g/mol. The largest absolute Gasteiger partial charge is 0.309 e. The van der Waals surface area contributed by atoms with E-state index in [9.17, 15) is 9.18 Å². The van der Waals surface area contributed by atoms with E-state index in [0.717, 1.165) is 6.20 Å². The van der Waals surface area contributed by atoms with E-state index in [-0.39, 0.29) is 5.91 Å². The van der Waals surface area contributed by atoms with Gasteiger partial charge in [0.1, 0.15) is 11.6 Å². The molecule has 1 aromatic rings. The molecule has 1 atom stereocenters. The molecule has 1 unspecified atom stereocenters. The van der Waals surface area contributed by atoms with Crippen LogP contribution >= 0.6 is 0 Å². The van der Waals surface area contributed by atoms with Gasteiger partial charge in [-0.3, -0.25) is 4.79 Å². The molecule has 2 rings (SSSR count). The fourth-order valence-electron chi connectivity index (χ4n) is 1.24. The summed E-state index contributed by atoms with van der Waals surface area (Å²) in [6, 6.07) is 2.20. The third-order valence-electron chi connectivity index (χ3n) is 2.00. The van der Waals surface area contributed by atoms with E-state index in [0.29, 0.717) is 18.8 Å². The number of nitrogens with zero attached hydrogens (tertiary/aromatic N) is 3. The number of hydrogen-bond donors (Lipinski definition) is 1. The molecule has 6 heteroatoms. The van der Waals surface area contributed by atoms with Gasteiger partial charge in [0.05, 0.1) is 12.7 Å². The Hall–Kier alpha value is -1.85. The molecule has 2 heterocycles. The monoisotopic (exact) mass is 208 g/mol. The molecule has 0 aromatic carbocycles. The summed E-state index contributed by atoms with van der Waals surface area (Å²) in [5, 5.41) is 10.0. The highest BCUT2D eigenvalue weighted by molar-refractivity contribution is 5.94. The van der Waals surface area contributed by atoms with E-state index < -0.39 is 11.9 Å². The summed E-state index contributed by atoms with van der Waals surface area (Å²) in [6.45, 7) is 0.578. The fraction of sp³-hybridized carbons (Fsp3) is 0.333. The Labute approximate surface area is 85.4 Å². The van der Waals surface area contributed by atoms with Crippen molar-refractivity contribution in [1.82, 2.24) is 4.98 Å². The van der Waals surface area contributed by atoms with Crippen LogP contribution in [0.3, 0.4) is 0 Å². The molecule has 78 valence electrons. The molecule has 15 heavy (non-hydrogen) atoms. The molecular formula is C9H9FN4O. The van der Waals surface area contributed by atoms with Gasteiger partial charge < -0.3 is 5.32 Å². The van der Waals surface area contributed by atoms with Crippen LogP contribution in [0.1, 0.15) is 6.42 Å². The van der Waals surface area contributed by atoms with Crippen LogP contribution in [0.15, 0.2) is 28.6 Å². The smallest absolute Gasteiger partial charge is 0.252 e. The van der Waals surface area contributed by atoms with Crippen LogP contribution in [0.2, 0.25) is 0 Å². The van der Waals surface area contributed by atoms with Crippen molar-refractivity contribution < 1.29 is 9.18 Å². The Balaban J connectivity index is 1.99. The van der Waals surface area contributed by atoms with Crippen molar-refractivity contribution in [3.8, 4) is 0 Å². The minimum absolute atomic E-state index is 0.254. The van der Waals surface area contributed by atoms with Gasteiger partial charge in [-0.2, -0.15) is 10.2 Å². The van der Waals surface area contributed by atoms with Gasteiger partial charge in [-0.25, -0.2) is 9.37 Å². The van der Waals surface area contributed by atoms with Crippen molar-refractivity contribution in [2.24, 2.45) is 10.2 Å². The Morgan fingerprint density at radius 2 is 2.40 bits per heavy atom. The minimum atomic E-state index is -0.437. The standard InChI is InChI=1S/C9H9FN4O/c10-6-1-2-8(11-5-6)13-9(15)7-3-4-12-14-7/h1-2,5,7H,3-4H2,(H,11,13,15). The lowest BCUT2D eigenvalue weighted by Gasteiger charge is -2.06. The maximum absolute atomic E-state index is 12.5. The Morgan fingerprint density at radius 1 is 1.53 bits per heavy atom. The number of amides is 1. The quantitative estimate of drug-likeness (QED) is 0.797. The molecule has 1 amide bonds. The number of pyridine rings is 1. The third-order valence-corrected chi connectivity index (χ3v) is 2.00. The summed E-state index contributed by atoms with van der Waals surface area (Å²) in [6.07, 6.45) is 1.67. The van der Waals surface area contributed by atoms with Crippen LogP contribution in [0, 0.1) is 5.82 Å². The molecule has 1 N–H and O–H groups in total. The van der Waals surface area contributed by atoms with Gasteiger partial charge in [0.15, 0.2) is 6.04 Å². The Bertz CT molecular complexity index is 390. The van der Waals surface area contributed by atoms with Crippen LogP contribution in [0.4, 0.5) is 10.2 Å². The first kappa shape index (κ1) is 9.70. The third kappa shape index (κ3) is 2.34. The van der Waals surface area contributed by atoms with E-state index in [1.165, 1.54) is 12.1 Å². The van der Waals surface area contributed by atoms with Crippen molar-refractivity contribution >= 4 is 11.7 Å². The molecular weight excluding hydrogens is 199 g/mol. The normalized spacial score (nSPS) is 19.1. The fourth-order valence-corrected chi connectivity index (χ4v) is 1.24. The van der Waals surface area contributed by atoms with Crippen molar-refractivity contribution in [3.05, 3.63) is 24.1 Å². The molecule has 1 aliphatic heterocycles. The van der Waals surface area contributed by atoms with Crippen LogP contribution in [0.5, 0.6) is 0 Å². The lowest BCUT2D eigenvalue weighted by Crippen LogP contribution is -2.25. The SMILES string of the molecule is O=C(Nc1ccc(F)cn1)C1CCN=N1. The van der Waals surface area contributed by atoms with E-state index >= 15 is 0 Å². The first-order valence-electron chi connectivity index (χ1n) is 4.55. The molecule has 0 fully saturated rings. The molecule has 0 aliphatic carbocycles. The van der Waals surface area contributed by atoms with Gasteiger partial charge in [0.2, 0.25) is 0 Å². The van der Waals surface area contributed by atoms with Crippen LogP contribution in [0.25, 0.3) is 0 Å². The second-order valence-electron chi connectivity index (χ2n) is 3.14. The van der Waals surface area contributed by atoms with Crippen molar-refractivity contribution in [3.63, 3.8) is 0 Å².